The summed E-state index contributed by atoms with van der Waals surface area (Å²) >= 11 is 0. The van der Waals surface area contributed by atoms with E-state index >= 15 is 0 Å². The summed E-state index contributed by atoms with van der Waals surface area (Å²) in [5.74, 6) is 2.64. The van der Waals surface area contributed by atoms with Crippen LogP contribution in [0.3, 0.4) is 0 Å². The summed E-state index contributed by atoms with van der Waals surface area (Å²) in [5, 5.41) is 0. The van der Waals surface area contributed by atoms with Gasteiger partial charge in [0.25, 0.3) is 0 Å². The summed E-state index contributed by atoms with van der Waals surface area (Å²) in [6, 6.07) is 4.10. The number of pyridine rings is 1. The number of rotatable bonds is 4. The van der Waals surface area contributed by atoms with Gasteiger partial charge in [-0.2, -0.15) is 0 Å². The maximum absolute atomic E-state index is 5.15. The van der Waals surface area contributed by atoms with Crippen molar-refractivity contribution in [3.63, 3.8) is 0 Å². The summed E-state index contributed by atoms with van der Waals surface area (Å²) in [6.45, 7) is 0. The first kappa shape index (κ1) is 8.80. The molecule has 1 heterocycles. The number of terminal acetylenes is 1. The molecule has 62 valence electrons. The van der Waals surface area contributed by atoms with Crippen LogP contribution < -0.4 is 0 Å². The van der Waals surface area contributed by atoms with E-state index in [1.165, 1.54) is 12.0 Å². The minimum Gasteiger partial charge on any atom is -0.265 e. The highest BCUT2D eigenvalue weighted by Gasteiger charge is 1.90. The second-order valence-corrected chi connectivity index (χ2v) is 2.77. The average molecular weight is 159 g/mol. The normalized spacial score (nSPS) is 9.25. The van der Waals surface area contributed by atoms with Crippen LogP contribution in [0.4, 0.5) is 0 Å². The minimum atomic E-state index is 0.894. The SMILES string of the molecule is C#CCCCCc1ccncc1. The zero-order valence-electron chi connectivity index (χ0n) is 7.16. The van der Waals surface area contributed by atoms with Crippen LogP contribution in [0, 0.1) is 12.3 Å². The van der Waals surface area contributed by atoms with Crippen LogP contribution in [0.25, 0.3) is 0 Å². The molecule has 0 radical (unpaired) electrons. The molecular formula is C11H13N. The Morgan fingerprint density at radius 2 is 2.00 bits per heavy atom. The molecule has 0 unspecified atom stereocenters. The lowest BCUT2D eigenvalue weighted by atomic mass is 10.1. The average Bonchev–Trinajstić information content (AvgIpc) is 2.14. The van der Waals surface area contributed by atoms with Crippen molar-refractivity contribution in [2.24, 2.45) is 0 Å². The van der Waals surface area contributed by atoms with E-state index in [0.717, 1.165) is 19.3 Å². The van der Waals surface area contributed by atoms with Gasteiger partial charge in [0.15, 0.2) is 0 Å². The van der Waals surface area contributed by atoms with Crippen LogP contribution in [0.15, 0.2) is 24.5 Å². The van der Waals surface area contributed by atoms with E-state index in [-0.39, 0.29) is 0 Å². The zero-order chi connectivity index (χ0) is 8.65. The van der Waals surface area contributed by atoms with Crippen molar-refractivity contribution >= 4 is 0 Å². The molecule has 0 fully saturated rings. The number of hydrogen-bond acceptors (Lipinski definition) is 1. The molecule has 0 N–H and O–H groups in total. The number of aryl methyl sites for hydroxylation is 1. The zero-order valence-corrected chi connectivity index (χ0v) is 7.16. The minimum absolute atomic E-state index is 0.894. The van der Waals surface area contributed by atoms with Gasteiger partial charge in [-0.05, 0) is 37.0 Å². The fraction of sp³-hybridized carbons (Fsp3) is 0.364. The molecule has 0 spiro atoms. The molecule has 1 nitrogen and oxygen atoms in total. The van der Waals surface area contributed by atoms with Crippen LogP contribution in [0.5, 0.6) is 0 Å². The Balaban J connectivity index is 2.21. The lowest BCUT2D eigenvalue weighted by Crippen LogP contribution is -1.84. The third kappa shape index (κ3) is 3.21. The highest BCUT2D eigenvalue weighted by Crippen LogP contribution is 2.04. The van der Waals surface area contributed by atoms with Crippen molar-refractivity contribution in [2.75, 3.05) is 0 Å². The van der Waals surface area contributed by atoms with Gasteiger partial charge < -0.3 is 0 Å². The number of unbranched alkanes of at least 4 members (excludes halogenated alkanes) is 2. The molecule has 1 rings (SSSR count). The van der Waals surface area contributed by atoms with Gasteiger partial charge in [-0.25, -0.2) is 0 Å². The van der Waals surface area contributed by atoms with Gasteiger partial charge in [-0.15, -0.1) is 12.3 Å². The molecule has 0 saturated carbocycles. The molecule has 1 heteroatoms. The van der Waals surface area contributed by atoms with E-state index in [1.807, 2.05) is 12.4 Å². The largest absolute Gasteiger partial charge is 0.265 e. The van der Waals surface area contributed by atoms with E-state index < -0.39 is 0 Å². The first-order valence-corrected chi connectivity index (χ1v) is 4.26. The van der Waals surface area contributed by atoms with Gasteiger partial charge in [0.05, 0.1) is 0 Å². The molecule has 1 aromatic rings. The molecule has 0 aliphatic carbocycles. The van der Waals surface area contributed by atoms with Crippen molar-refractivity contribution in [1.82, 2.24) is 4.98 Å². The predicted octanol–water partition coefficient (Wildman–Crippen LogP) is 2.43. The molecule has 0 atom stereocenters. The lowest BCUT2D eigenvalue weighted by Gasteiger charge is -1.97. The molecule has 0 aromatic carbocycles. The summed E-state index contributed by atoms with van der Waals surface area (Å²) in [7, 11) is 0. The number of aromatic nitrogens is 1. The predicted molar refractivity (Wildman–Crippen MR) is 50.6 cm³/mol. The van der Waals surface area contributed by atoms with Gasteiger partial charge in [0.1, 0.15) is 0 Å². The summed E-state index contributed by atoms with van der Waals surface area (Å²) < 4.78 is 0. The van der Waals surface area contributed by atoms with Crippen molar-refractivity contribution in [1.29, 1.82) is 0 Å². The Morgan fingerprint density at radius 1 is 1.25 bits per heavy atom. The molecule has 0 aliphatic rings. The van der Waals surface area contributed by atoms with Crippen molar-refractivity contribution in [3.8, 4) is 12.3 Å². The third-order valence-corrected chi connectivity index (χ3v) is 1.79. The van der Waals surface area contributed by atoms with Gasteiger partial charge >= 0.3 is 0 Å². The van der Waals surface area contributed by atoms with Crippen molar-refractivity contribution < 1.29 is 0 Å². The number of nitrogens with zero attached hydrogens (tertiary/aromatic N) is 1. The van der Waals surface area contributed by atoms with E-state index in [1.54, 1.807) is 0 Å². The first-order valence-electron chi connectivity index (χ1n) is 4.26. The Morgan fingerprint density at radius 3 is 2.67 bits per heavy atom. The fourth-order valence-electron chi connectivity index (χ4n) is 1.11. The molecule has 1 aromatic heterocycles. The maximum Gasteiger partial charge on any atom is 0.0270 e. The highest BCUT2D eigenvalue weighted by atomic mass is 14.6. The van der Waals surface area contributed by atoms with Crippen LogP contribution in [-0.2, 0) is 6.42 Å². The lowest BCUT2D eigenvalue weighted by molar-refractivity contribution is 0.756. The van der Waals surface area contributed by atoms with Crippen LogP contribution in [0.1, 0.15) is 24.8 Å². The summed E-state index contributed by atoms with van der Waals surface area (Å²) in [4.78, 5) is 3.96. The Hall–Kier alpha value is -1.29. The Bertz CT molecular complexity index is 245. The second kappa shape index (κ2) is 5.37. The summed E-state index contributed by atoms with van der Waals surface area (Å²) in [5.41, 5.74) is 1.35. The summed E-state index contributed by atoms with van der Waals surface area (Å²) in [6.07, 6.45) is 13.1. The Kier molecular flexibility index (Phi) is 3.94. The van der Waals surface area contributed by atoms with E-state index in [9.17, 15) is 0 Å². The Labute approximate surface area is 73.8 Å². The van der Waals surface area contributed by atoms with Crippen molar-refractivity contribution in [3.05, 3.63) is 30.1 Å². The quantitative estimate of drug-likeness (QED) is 0.485. The molecule has 0 aliphatic heterocycles. The van der Waals surface area contributed by atoms with E-state index in [4.69, 9.17) is 6.42 Å². The first-order chi connectivity index (χ1) is 5.93. The standard InChI is InChI=1S/C11H13N/c1-2-3-4-5-6-11-7-9-12-10-8-11/h1,7-10H,3-6H2. The number of hydrogen-bond donors (Lipinski definition) is 0. The smallest absolute Gasteiger partial charge is 0.0270 e. The van der Waals surface area contributed by atoms with E-state index in [0.29, 0.717) is 0 Å². The van der Waals surface area contributed by atoms with Gasteiger partial charge in [0, 0.05) is 18.8 Å². The molecule has 0 bridgehead atoms. The third-order valence-electron chi connectivity index (χ3n) is 1.79. The van der Waals surface area contributed by atoms with Gasteiger partial charge in [-0.3, -0.25) is 4.98 Å². The molecule has 12 heavy (non-hydrogen) atoms. The van der Waals surface area contributed by atoms with Crippen LogP contribution in [-0.4, -0.2) is 4.98 Å². The topological polar surface area (TPSA) is 12.9 Å². The molecule has 0 saturated heterocycles. The maximum atomic E-state index is 5.15. The second-order valence-electron chi connectivity index (χ2n) is 2.77. The fourth-order valence-corrected chi connectivity index (χ4v) is 1.11. The van der Waals surface area contributed by atoms with E-state index in [2.05, 4.69) is 23.0 Å². The van der Waals surface area contributed by atoms with Crippen LogP contribution >= 0.6 is 0 Å². The highest BCUT2D eigenvalue weighted by molar-refractivity contribution is 5.09. The van der Waals surface area contributed by atoms with Crippen LogP contribution in [0.2, 0.25) is 0 Å². The molecular weight excluding hydrogens is 146 g/mol. The van der Waals surface area contributed by atoms with Crippen molar-refractivity contribution in [2.45, 2.75) is 25.7 Å². The monoisotopic (exact) mass is 159 g/mol. The van der Waals surface area contributed by atoms with Gasteiger partial charge in [-0.1, -0.05) is 0 Å². The van der Waals surface area contributed by atoms with Gasteiger partial charge in [0.2, 0.25) is 0 Å². The molecule has 0 amide bonds.